The van der Waals surface area contributed by atoms with E-state index in [0.29, 0.717) is 22.3 Å². The van der Waals surface area contributed by atoms with Gasteiger partial charge in [0.15, 0.2) is 0 Å². The van der Waals surface area contributed by atoms with Gasteiger partial charge in [0.1, 0.15) is 5.00 Å². The molecule has 0 saturated carbocycles. The average molecular weight is 410 g/mol. The molecule has 3 aromatic rings. The Morgan fingerprint density at radius 2 is 2.19 bits per heavy atom. The first kappa shape index (κ1) is 18.5. The van der Waals surface area contributed by atoms with Gasteiger partial charge in [0, 0.05) is 4.88 Å². The number of nitrogens with zero attached hydrogens (tertiary/aromatic N) is 4. The summed E-state index contributed by atoms with van der Waals surface area (Å²) in [5.41, 5.74) is 0.359. The molecule has 0 atom stereocenters. The molecule has 0 spiro atoms. The van der Waals surface area contributed by atoms with Crippen LogP contribution < -0.4 is 5.32 Å². The van der Waals surface area contributed by atoms with Gasteiger partial charge in [-0.1, -0.05) is 17.8 Å². The van der Waals surface area contributed by atoms with Crippen molar-refractivity contribution < 1.29 is 14.3 Å². The molecule has 0 radical (unpaired) electrons. The second-order valence-electron chi connectivity index (χ2n) is 4.92. The van der Waals surface area contributed by atoms with E-state index in [4.69, 9.17) is 4.74 Å². The molecular weight excluding hydrogens is 394 g/mol. The second kappa shape index (κ2) is 8.92. The van der Waals surface area contributed by atoms with Gasteiger partial charge in [0.2, 0.25) is 11.1 Å². The fraction of sp³-hybridized carbons (Fsp3) is 0.267. The topological polar surface area (TPSA) is 99.0 Å². The van der Waals surface area contributed by atoms with Crippen molar-refractivity contribution in [2.24, 2.45) is 0 Å². The van der Waals surface area contributed by atoms with Gasteiger partial charge in [-0.3, -0.25) is 4.79 Å². The number of rotatable bonds is 8. The number of ether oxygens (including phenoxy) is 1. The number of nitrogens with one attached hydrogen (secondary N) is 1. The van der Waals surface area contributed by atoms with Crippen molar-refractivity contribution in [3.63, 3.8) is 0 Å². The van der Waals surface area contributed by atoms with Gasteiger partial charge in [-0.05, 0) is 40.2 Å². The fourth-order valence-electron chi connectivity index (χ4n) is 2.02. The van der Waals surface area contributed by atoms with Gasteiger partial charge in [0.05, 0.1) is 24.5 Å². The predicted molar refractivity (Wildman–Crippen MR) is 101 cm³/mol. The van der Waals surface area contributed by atoms with E-state index in [1.807, 2.05) is 17.5 Å². The zero-order valence-electron chi connectivity index (χ0n) is 13.7. The first-order valence-electron chi connectivity index (χ1n) is 7.63. The SMILES string of the molecule is CCOC(=O)c1ccsc1NC(=O)CSc1nnnn1Cc1cccs1. The van der Waals surface area contributed by atoms with Crippen LogP contribution >= 0.6 is 34.4 Å². The van der Waals surface area contributed by atoms with Crippen LogP contribution in [-0.2, 0) is 16.1 Å². The molecule has 11 heteroatoms. The standard InChI is InChI=1S/C15H15N5O3S3/c1-2-23-14(22)11-5-7-25-13(11)16-12(21)9-26-15-17-18-19-20(15)8-10-4-3-6-24-10/h3-7H,2,8-9H2,1H3,(H,16,21). The lowest BCUT2D eigenvalue weighted by Crippen LogP contribution is -2.16. The molecular formula is C15H15N5O3S3. The number of aromatic nitrogens is 4. The Hall–Kier alpha value is -2.24. The molecule has 0 aliphatic heterocycles. The smallest absolute Gasteiger partial charge is 0.341 e. The third-order valence-electron chi connectivity index (χ3n) is 3.13. The zero-order chi connectivity index (χ0) is 18.4. The number of hydrogen-bond donors (Lipinski definition) is 1. The van der Waals surface area contributed by atoms with Gasteiger partial charge >= 0.3 is 5.97 Å². The summed E-state index contributed by atoms with van der Waals surface area (Å²) in [5, 5.41) is 19.1. The highest BCUT2D eigenvalue weighted by Gasteiger charge is 2.17. The minimum absolute atomic E-state index is 0.130. The molecule has 0 bridgehead atoms. The van der Waals surface area contributed by atoms with Crippen LogP contribution in [0.3, 0.4) is 0 Å². The summed E-state index contributed by atoms with van der Waals surface area (Å²) in [7, 11) is 0. The fourth-order valence-corrected chi connectivity index (χ4v) is 4.17. The van der Waals surface area contributed by atoms with Gasteiger partial charge in [-0.15, -0.1) is 27.8 Å². The number of esters is 1. The van der Waals surface area contributed by atoms with Gasteiger partial charge in [-0.25, -0.2) is 9.48 Å². The lowest BCUT2D eigenvalue weighted by Gasteiger charge is -2.06. The van der Waals surface area contributed by atoms with Crippen LogP contribution in [0.1, 0.15) is 22.2 Å². The van der Waals surface area contributed by atoms with Crippen LogP contribution in [0.5, 0.6) is 0 Å². The number of amides is 1. The molecule has 0 aromatic carbocycles. The van der Waals surface area contributed by atoms with Crippen LogP contribution in [0.4, 0.5) is 5.00 Å². The number of thiophene rings is 2. The maximum absolute atomic E-state index is 12.2. The Morgan fingerprint density at radius 3 is 2.96 bits per heavy atom. The molecule has 0 unspecified atom stereocenters. The Labute approximate surface area is 161 Å². The average Bonchev–Trinajstić information content (AvgIpc) is 3.36. The first-order valence-corrected chi connectivity index (χ1v) is 10.4. The molecule has 8 nitrogen and oxygen atoms in total. The monoisotopic (exact) mass is 409 g/mol. The van der Waals surface area contributed by atoms with E-state index in [9.17, 15) is 9.59 Å². The Bertz CT molecular complexity index is 875. The highest BCUT2D eigenvalue weighted by molar-refractivity contribution is 7.99. The highest BCUT2D eigenvalue weighted by Crippen LogP contribution is 2.25. The predicted octanol–water partition coefficient (Wildman–Crippen LogP) is 2.75. The lowest BCUT2D eigenvalue weighted by atomic mass is 10.3. The molecule has 26 heavy (non-hydrogen) atoms. The van der Waals surface area contributed by atoms with Crippen LogP contribution in [-0.4, -0.2) is 44.4 Å². The maximum Gasteiger partial charge on any atom is 0.341 e. The van der Waals surface area contributed by atoms with Crippen molar-refractivity contribution in [2.75, 3.05) is 17.7 Å². The number of tetrazole rings is 1. The normalized spacial score (nSPS) is 10.7. The Balaban J connectivity index is 1.56. The van der Waals surface area contributed by atoms with E-state index in [1.165, 1.54) is 23.1 Å². The molecule has 3 aromatic heterocycles. The zero-order valence-corrected chi connectivity index (χ0v) is 16.2. The van der Waals surface area contributed by atoms with Gasteiger partial charge < -0.3 is 10.1 Å². The van der Waals surface area contributed by atoms with E-state index >= 15 is 0 Å². The third-order valence-corrected chi connectivity index (χ3v) is 5.78. The largest absolute Gasteiger partial charge is 0.462 e. The number of carbonyl (C=O) groups is 2. The first-order chi connectivity index (χ1) is 12.7. The van der Waals surface area contributed by atoms with Crippen molar-refractivity contribution in [1.29, 1.82) is 0 Å². The van der Waals surface area contributed by atoms with Crippen LogP contribution in [0.2, 0.25) is 0 Å². The molecule has 0 saturated heterocycles. The summed E-state index contributed by atoms with van der Waals surface area (Å²) >= 11 is 4.13. The summed E-state index contributed by atoms with van der Waals surface area (Å²) in [5.74, 6) is -0.560. The summed E-state index contributed by atoms with van der Waals surface area (Å²) < 4.78 is 6.63. The molecule has 0 aliphatic carbocycles. The number of anilines is 1. The van der Waals surface area contributed by atoms with E-state index in [1.54, 1.807) is 34.4 Å². The molecule has 1 N–H and O–H groups in total. The molecule has 0 fully saturated rings. The minimum Gasteiger partial charge on any atom is -0.462 e. The van der Waals surface area contributed by atoms with E-state index in [2.05, 4.69) is 20.8 Å². The number of thioether (sulfide) groups is 1. The second-order valence-corrected chi connectivity index (χ2v) is 7.81. The van der Waals surface area contributed by atoms with Crippen LogP contribution in [0, 0.1) is 0 Å². The van der Waals surface area contributed by atoms with Crippen LogP contribution in [0.15, 0.2) is 34.1 Å². The molecule has 3 rings (SSSR count). The van der Waals surface area contributed by atoms with Crippen molar-refractivity contribution in [2.45, 2.75) is 18.6 Å². The van der Waals surface area contributed by atoms with Gasteiger partial charge in [-0.2, -0.15) is 0 Å². The molecule has 136 valence electrons. The van der Waals surface area contributed by atoms with E-state index in [-0.39, 0.29) is 18.3 Å². The summed E-state index contributed by atoms with van der Waals surface area (Å²) in [6.07, 6.45) is 0. The summed E-state index contributed by atoms with van der Waals surface area (Å²) in [6, 6.07) is 5.60. The summed E-state index contributed by atoms with van der Waals surface area (Å²) in [4.78, 5) is 25.2. The Morgan fingerprint density at radius 1 is 1.31 bits per heavy atom. The van der Waals surface area contributed by atoms with Crippen molar-refractivity contribution in [3.8, 4) is 0 Å². The van der Waals surface area contributed by atoms with Crippen LogP contribution in [0.25, 0.3) is 0 Å². The maximum atomic E-state index is 12.2. The van der Waals surface area contributed by atoms with Crippen molar-refractivity contribution in [1.82, 2.24) is 20.2 Å². The van der Waals surface area contributed by atoms with Crippen molar-refractivity contribution in [3.05, 3.63) is 39.4 Å². The van der Waals surface area contributed by atoms with E-state index in [0.717, 1.165) is 4.88 Å². The van der Waals surface area contributed by atoms with Crippen molar-refractivity contribution >= 4 is 51.3 Å². The lowest BCUT2D eigenvalue weighted by molar-refractivity contribution is -0.113. The minimum atomic E-state index is -0.448. The van der Waals surface area contributed by atoms with E-state index < -0.39 is 5.97 Å². The highest BCUT2D eigenvalue weighted by atomic mass is 32.2. The molecule has 1 amide bonds. The number of carbonyl (C=O) groups excluding carboxylic acids is 2. The molecule has 3 heterocycles. The quantitative estimate of drug-likeness (QED) is 0.451. The Kier molecular flexibility index (Phi) is 6.36. The molecule has 0 aliphatic rings. The third kappa shape index (κ3) is 4.68. The van der Waals surface area contributed by atoms with Gasteiger partial charge in [0.25, 0.3) is 0 Å². The number of hydrogen-bond acceptors (Lipinski definition) is 9. The summed E-state index contributed by atoms with van der Waals surface area (Å²) in [6.45, 7) is 2.58.